The Balaban J connectivity index is 1.48. The molecule has 1 aliphatic rings. The van der Waals surface area contributed by atoms with Gasteiger partial charge in [0.25, 0.3) is 5.56 Å². The second kappa shape index (κ2) is 9.32. The number of esters is 2. The van der Waals surface area contributed by atoms with Crippen LogP contribution in [0.15, 0.2) is 29.1 Å². The number of hydrogen-bond acceptors (Lipinski definition) is 9. The Morgan fingerprint density at radius 1 is 1.15 bits per heavy atom. The number of H-pyrrole nitrogens is 1. The fraction of sp³-hybridized carbons (Fsp3) is 0.391. The number of hydrogen-bond donors (Lipinski definition) is 1. The number of benzene rings is 1. The van der Waals surface area contributed by atoms with Crippen molar-refractivity contribution in [1.29, 1.82) is 0 Å². The first-order valence-corrected chi connectivity index (χ1v) is 11.4. The van der Waals surface area contributed by atoms with Gasteiger partial charge in [0.05, 0.1) is 31.7 Å². The Morgan fingerprint density at radius 2 is 1.85 bits per heavy atom. The summed E-state index contributed by atoms with van der Waals surface area (Å²) in [6.45, 7) is 6.77. The van der Waals surface area contributed by atoms with E-state index in [9.17, 15) is 14.4 Å². The molecule has 1 atom stereocenters. The van der Waals surface area contributed by atoms with Crippen molar-refractivity contribution in [2.24, 2.45) is 0 Å². The van der Waals surface area contributed by atoms with Crippen LogP contribution in [0.25, 0.3) is 10.2 Å². The normalized spacial score (nSPS) is 16.7. The Hall–Kier alpha value is -3.24. The summed E-state index contributed by atoms with van der Waals surface area (Å²) in [5.74, 6) is -0.230. The lowest BCUT2D eigenvalue weighted by Gasteiger charge is -2.40. The van der Waals surface area contributed by atoms with E-state index in [2.05, 4.69) is 26.7 Å². The molecule has 10 heteroatoms. The van der Waals surface area contributed by atoms with Gasteiger partial charge in [0, 0.05) is 31.4 Å². The van der Waals surface area contributed by atoms with E-state index in [0.717, 1.165) is 25.3 Å². The molecule has 174 valence electrons. The van der Waals surface area contributed by atoms with Crippen molar-refractivity contribution < 1.29 is 19.1 Å². The maximum atomic E-state index is 12.7. The van der Waals surface area contributed by atoms with Crippen LogP contribution in [-0.2, 0) is 16.0 Å². The van der Waals surface area contributed by atoms with Crippen LogP contribution in [-0.4, -0.2) is 66.7 Å². The van der Waals surface area contributed by atoms with E-state index in [1.165, 1.54) is 25.6 Å². The van der Waals surface area contributed by atoms with Crippen molar-refractivity contribution in [2.75, 3.05) is 38.8 Å². The molecule has 0 spiro atoms. The minimum absolute atomic E-state index is 0.218. The fourth-order valence-electron chi connectivity index (χ4n) is 4.13. The Labute approximate surface area is 194 Å². The molecule has 0 amide bonds. The Morgan fingerprint density at radius 3 is 2.48 bits per heavy atom. The predicted molar refractivity (Wildman–Crippen MR) is 126 cm³/mol. The molecule has 1 aliphatic heterocycles. The number of fused-ring (bicyclic) bond motifs is 1. The molecule has 33 heavy (non-hydrogen) atoms. The smallest absolute Gasteiger partial charge is 0.348 e. The maximum absolute atomic E-state index is 12.7. The van der Waals surface area contributed by atoms with Gasteiger partial charge in [-0.05, 0) is 43.7 Å². The van der Waals surface area contributed by atoms with Gasteiger partial charge in [0.1, 0.15) is 15.5 Å². The van der Waals surface area contributed by atoms with Crippen LogP contribution in [0.5, 0.6) is 0 Å². The molecule has 0 saturated carbocycles. The summed E-state index contributed by atoms with van der Waals surface area (Å²) >= 11 is 1.18. The lowest BCUT2D eigenvalue weighted by Crippen LogP contribution is -2.51. The molecule has 3 aromatic rings. The monoisotopic (exact) mass is 470 g/mol. The number of aromatic amines is 1. The molecule has 0 radical (unpaired) electrons. The van der Waals surface area contributed by atoms with Gasteiger partial charge < -0.3 is 19.4 Å². The van der Waals surface area contributed by atoms with Gasteiger partial charge in [-0.3, -0.25) is 9.69 Å². The lowest BCUT2D eigenvalue weighted by atomic mass is 10.1. The number of piperazine rings is 1. The molecule has 1 aromatic carbocycles. The zero-order valence-corrected chi connectivity index (χ0v) is 19.8. The van der Waals surface area contributed by atoms with Crippen molar-refractivity contribution in [3.8, 4) is 0 Å². The fourth-order valence-corrected chi connectivity index (χ4v) is 5.25. The van der Waals surface area contributed by atoms with E-state index in [1.807, 2.05) is 12.1 Å². The van der Waals surface area contributed by atoms with Crippen LogP contribution in [0.3, 0.4) is 0 Å². The first kappa shape index (κ1) is 22.9. The topological polar surface area (TPSA) is 105 Å². The highest BCUT2D eigenvalue weighted by atomic mass is 32.1. The van der Waals surface area contributed by atoms with Crippen LogP contribution in [0, 0.1) is 6.92 Å². The van der Waals surface area contributed by atoms with E-state index < -0.39 is 5.97 Å². The number of aryl methyl sites for hydroxylation is 1. The molecular weight excluding hydrogens is 444 g/mol. The zero-order chi connectivity index (χ0) is 23.7. The van der Waals surface area contributed by atoms with Gasteiger partial charge in [-0.1, -0.05) is 0 Å². The first-order chi connectivity index (χ1) is 15.8. The molecular formula is C23H26N4O5S. The van der Waals surface area contributed by atoms with Crippen LogP contribution >= 0.6 is 11.3 Å². The van der Waals surface area contributed by atoms with Gasteiger partial charge in [0.15, 0.2) is 0 Å². The van der Waals surface area contributed by atoms with Gasteiger partial charge in [-0.25, -0.2) is 14.6 Å². The largest absolute Gasteiger partial charge is 0.465 e. The summed E-state index contributed by atoms with van der Waals surface area (Å²) in [7, 11) is 2.69. The number of carbonyl (C=O) groups is 2. The van der Waals surface area contributed by atoms with Gasteiger partial charge >= 0.3 is 11.9 Å². The number of nitrogens with zero attached hydrogens (tertiary/aromatic N) is 3. The quantitative estimate of drug-likeness (QED) is 0.568. The molecule has 1 fully saturated rings. The van der Waals surface area contributed by atoms with Crippen molar-refractivity contribution in [2.45, 2.75) is 26.4 Å². The van der Waals surface area contributed by atoms with Gasteiger partial charge in [-0.2, -0.15) is 0 Å². The van der Waals surface area contributed by atoms with Gasteiger partial charge in [0.2, 0.25) is 0 Å². The standard InChI is InChI=1S/C23H26N4O5S/c1-13-11-27(16-7-5-15(6-8-16)22(29)31-3)10-9-26(13)12-17-24-20(28)18-14(2)19(23(30)32-4)33-21(18)25-17/h5-8,13H,9-12H2,1-4H3,(H,24,25,28). The minimum atomic E-state index is -0.458. The third-order valence-electron chi connectivity index (χ3n) is 5.99. The minimum Gasteiger partial charge on any atom is -0.465 e. The first-order valence-electron chi connectivity index (χ1n) is 10.6. The third kappa shape index (κ3) is 4.49. The predicted octanol–water partition coefficient (Wildman–Crippen LogP) is 2.58. The van der Waals surface area contributed by atoms with Crippen LogP contribution < -0.4 is 10.5 Å². The second-order valence-corrected chi connectivity index (χ2v) is 9.04. The lowest BCUT2D eigenvalue weighted by molar-refractivity contribution is 0.0594. The summed E-state index contributed by atoms with van der Waals surface area (Å²) in [4.78, 5) is 49.3. The molecule has 2 aromatic heterocycles. The molecule has 0 bridgehead atoms. The second-order valence-electron chi connectivity index (χ2n) is 8.04. The molecule has 1 N–H and O–H groups in total. The highest BCUT2D eigenvalue weighted by Gasteiger charge is 2.26. The molecule has 1 saturated heterocycles. The number of nitrogens with one attached hydrogen (secondary N) is 1. The maximum Gasteiger partial charge on any atom is 0.348 e. The Bertz CT molecular complexity index is 1250. The number of ether oxygens (including phenoxy) is 2. The SMILES string of the molecule is COC(=O)c1ccc(N2CCN(Cc3nc4sc(C(=O)OC)c(C)c4c(=O)[nH]3)C(C)C2)cc1. The summed E-state index contributed by atoms with van der Waals surface area (Å²) in [6, 6.07) is 7.62. The number of methoxy groups -OCH3 is 2. The summed E-state index contributed by atoms with van der Waals surface area (Å²) in [6.07, 6.45) is 0. The van der Waals surface area contributed by atoms with Crippen LogP contribution in [0.1, 0.15) is 38.3 Å². The van der Waals surface area contributed by atoms with E-state index >= 15 is 0 Å². The zero-order valence-electron chi connectivity index (χ0n) is 19.0. The molecule has 9 nitrogen and oxygen atoms in total. The van der Waals surface area contributed by atoms with Crippen molar-refractivity contribution >= 4 is 39.2 Å². The van der Waals surface area contributed by atoms with E-state index in [-0.39, 0.29) is 17.6 Å². The van der Waals surface area contributed by atoms with E-state index in [4.69, 9.17) is 9.47 Å². The van der Waals surface area contributed by atoms with Gasteiger partial charge in [-0.15, -0.1) is 11.3 Å². The molecule has 1 unspecified atom stereocenters. The molecule has 0 aliphatic carbocycles. The summed E-state index contributed by atoms with van der Waals surface area (Å²) in [5, 5.41) is 0.442. The average Bonchev–Trinajstić information content (AvgIpc) is 3.16. The molecule has 3 heterocycles. The average molecular weight is 471 g/mol. The summed E-state index contributed by atoms with van der Waals surface area (Å²) in [5.41, 5.74) is 1.93. The van der Waals surface area contributed by atoms with Crippen LogP contribution in [0.2, 0.25) is 0 Å². The van der Waals surface area contributed by atoms with Crippen molar-refractivity contribution in [3.63, 3.8) is 0 Å². The third-order valence-corrected chi connectivity index (χ3v) is 7.16. The molecule has 4 rings (SSSR count). The number of rotatable bonds is 5. The van der Waals surface area contributed by atoms with E-state index in [0.29, 0.717) is 38.6 Å². The highest BCUT2D eigenvalue weighted by Crippen LogP contribution is 2.28. The van der Waals surface area contributed by atoms with Crippen LogP contribution in [0.4, 0.5) is 5.69 Å². The number of aromatic nitrogens is 2. The van der Waals surface area contributed by atoms with E-state index in [1.54, 1.807) is 19.1 Å². The highest BCUT2D eigenvalue weighted by molar-refractivity contribution is 7.20. The number of carbonyl (C=O) groups excluding carboxylic acids is 2. The number of anilines is 1. The van der Waals surface area contributed by atoms with Crippen molar-refractivity contribution in [1.82, 2.24) is 14.9 Å². The number of thiophene rings is 1. The Kier molecular flexibility index (Phi) is 6.48. The van der Waals surface area contributed by atoms with Crippen molar-refractivity contribution in [3.05, 3.63) is 56.4 Å². The summed E-state index contributed by atoms with van der Waals surface area (Å²) < 4.78 is 9.58.